The zero-order valence-corrected chi connectivity index (χ0v) is 19.9. The van der Waals surface area contributed by atoms with Gasteiger partial charge in [-0.2, -0.15) is 0 Å². The van der Waals surface area contributed by atoms with E-state index in [1.54, 1.807) is 25.2 Å². The summed E-state index contributed by atoms with van der Waals surface area (Å²) in [5.74, 6) is 0.356. The van der Waals surface area contributed by atoms with Gasteiger partial charge in [-0.1, -0.05) is 24.3 Å². The Hall–Kier alpha value is -2.17. The lowest BCUT2D eigenvalue weighted by Crippen LogP contribution is -2.45. The molecule has 0 aromatic heterocycles. The fourth-order valence-corrected chi connectivity index (χ4v) is 4.73. The Kier molecular flexibility index (Phi) is 7.55. The molecular weight excluding hydrogens is 514 g/mol. The number of nitrogens with zero attached hydrogens (tertiary/aromatic N) is 2. The van der Waals surface area contributed by atoms with E-state index in [9.17, 15) is 14.0 Å². The summed E-state index contributed by atoms with van der Waals surface area (Å²) in [6, 6.07) is 6.27. The molecule has 2 fully saturated rings. The highest BCUT2D eigenvalue weighted by Crippen LogP contribution is 2.52. The fraction of sp³-hybridized carbons (Fsp3) is 0.500. The highest BCUT2D eigenvalue weighted by atomic mass is 127. The molecule has 0 spiro atoms. The van der Waals surface area contributed by atoms with E-state index < -0.39 is 5.82 Å². The number of likely N-dealkylation sites (tertiary alicyclic amines) is 1. The number of hydrogen-bond acceptors (Lipinski definition) is 4. The van der Waals surface area contributed by atoms with Crippen LogP contribution in [0, 0.1) is 29.5 Å². The van der Waals surface area contributed by atoms with Gasteiger partial charge in [0.05, 0.1) is 18.4 Å². The topological polar surface area (TPSA) is 83.0 Å². The fourth-order valence-electron chi connectivity index (χ4n) is 4.73. The van der Waals surface area contributed by atoms with Gasteiger partial charge in [-0.05, 0) is 37.3 Å². The van der Waals surface area contributed by atoms with Crippen LogP contribution in [0.3, 0.4) is 0 Å². The number of rotatable bonds is 7. The molecule has 7 nitrogen and oxygen atoms in total. The van der Waals surface area contributed by atoms with Gasteiger partial charge in [0, 0.05) is 20.1 Å². The normalized spacial score (nSPS) is 27.2. The Bertz CT molecular complexity index is 863. The molecule has 2 N–H and O–H groups in total. The molecule has 168 valence electrons. The van der Waals surface area contributed by atoms with E-state index in [0.29, 0.717) is 25.6 Å². The molecule has 9 heteroatoms. The van der Waals surface area contributed by atoms with Crippen LogP contribution in [-0.2, 0) is 9.59 Å². The zero-order chi connectivity index (χ0) is 21.3. The van der Waals surface area contributed by atoms with Gasteiger partial charge in [-0.3, -0.25) is 19.5 Å². The number of guanidine groups is 1. The molecule has 1 aromatic carbocycles. The van der Waals surface area contributed by atoms with Crippen LogP contribution >= 0.6 is 24.0 Å². The molecule has 1 heterocycles. The lowest BCUT2D eigenvalue weighted by atomic mass is 9.85. The first kappa shape index (κ1) is 23.5. The molecule has 2 bridgehead atoms. The van der Waals surface area contributed by atoms with Crippen LogP contribution in [-0.4, -0.2) is 55.5 Å². The van der Waals surface area contributed by atoms with Crippen LogP contribution < -0.4 is 15.4 Å². The molecule has 1 aromatic rings. The van der Waals surface area contributed by atoms with Crippen LogP contribution in [0.5, 0.6) is 5.75 Å². The number of imide groups is 1. The van der Waals surface area contributed by atoms with Gasteiger partial charge in [-0.25, -0.2) is 4.39 Å². The summed E-state index contributed by atoms with van der Waals surface area (Å²) in [7, 11) is 1.64. The summed E-state index contributed by atoms with van der Waals surface area (Å²) in [5.41, 5.74) is 0. The van der Waals surface area contributed by atoms with Crippen molar-refractivity contribution in [1.82, 2.24) is 15.5 Å². The minimum atomic E-state index is -0.403. The van der Waals surface area contributed by atoms with E-state index in [4.69, 9.17) is 4.74 Å². The molecule has 1 saturated carbocycles. The third-order valence-electron chi connectivity index (χ3n) is 6.13. The second kappa shape index (κ2) is 9.97. The highest BCUT2D eigenvalue weighted by Gasteiger charge is 2.58. The number of amides is 2. The van der Waals surface area contributed by atoms with Crippen molar-refractivity contribution in [3.05, 3.63) is 42.2 Å². The number of hydrogen-bond donors (Lipinski definition) is 2. The third-order valence-corrected chi connectivity index (χ3v) is 6.13. The average Bonchev–Trinajstić information content (AvgIpc) is 3.41. The van der Waals surface area contributed by atoms with Crippen molar-refractivity contribution in [1.29, 1.82) is 0 Å². The zero-order valence-electron chi connectivity index (χ0n) is 17.6. The van der Waals surface area contributed by atoms with Crippen molar-refractivity contribution in [3.8, 4) is 5.75 Å². The molecule has 5 atom stereocenters. The molecule has 31 heavy (non-hydrogen) atoms. The number of carbonyl (C=O) groups excluding carboxylic acids is 2. The standard InChI is InChI=1S/C22H27FN4O3.HI/c1-13(30-17-6-4-3-5-16(17)23)12-26-22(24-2)25-9-10-27-20(28)18-14-7-8-15(11-14)19(18)21(27)29;/h3-8,13-15,18-19H,9-12H2,1-2H3,(H2,24,25,26);1H. The second-order valence-electron chi connectivity index (χ2n) is 8.07. The van der Waals surface area contributed by atoms with E-state index in [0.717, 1.165) is 6.42 Å². The molecule has 5 unspecified atom stereocenters. The first-order valence-corrected chi connectivity index (χ1v) is 10.4. The Morgan fingerprint density at radius 1 is 1.19 bits per heavy atom. The van der Waals surface area contributed by atoms with Gasteiger partial charge >= 0.3 is 0 Å². The summed E-state index contributed by atoms with van der Waals surface area (Å²) in [4.78, 5) is 30.9. The molecular formula is C22H28FIN4O3. The summed E-state index contributed by atoms with van der Waals surface area (Å²) < 4.78 is 19.3. The minimum absolute atomic E-state index is 0. The lowest BCUT2D eigenvalue weighted by Gasteiger charge is -2.20. The smallest absolute Gasteiger partial charge is 0.233 e. The number of aliphatic imine (C=N–C) groups is 1. The number of benzene rings is 1. The molecule has 4 rings (SSSR count). The number of allylic oxidation sites excluding steroid dienone is 2. The highest BCUT2D eigenvalue weighted by molar-refractivity contribution is 14.0. The second-order valence-corrected chi connectivity index (χ2v) is 8.07. The molecule has 2 amide bonds. The van der Waals surface area contributed by atoms with Crippen molar-refractivity contribution in [3.63, 3.8) is 0 Å². The van der Waals surface area contributed by atoms with E-state index in [1.807, 2.05) is 6.92 Å². The first-order chi connectivity index (χ1) is 14.5. The number of fused-ring (bicyclic) bond motifs is 5. The van der Waals surface area contributed by atoms with Crippen molar-refractivity contribution >= 4 is 41.8 Å². The Labute approximate surface area is 198 Å². The number of ether oxygens (including phenoxy) is 1. The maximum Gasteiger partial charge on any atom is 0.233 e. The molecule has 0 radical (unpaired) electrons. The summed E-state index contributed by atoms with van der Waals surface area (Å²) >= 11 is 0. The summed E-state index contributed by atoms with van der Waals surface area (Å²) in [6.07, 6.45) is 4.83. The van der Waals surface area contributed by atoms with E-state index in [1.165, 1.54) is 11.0 Å². The van der Waals surface area contributed by atoms with Gasteiger partial charge in [0.2, 0.25) is 11.8 Å². The monoisotopic (exact) mass is 542 g/mol. The van der Waals surface area contributed by atoms with Crippen LogP contribution in [0.4, 0.5) is 4.39 Å². The summed E-state index contributed by atoms with van der Waals surface area (Å²) in [6.45, 7) is 2.96. The molecule has 1 aliphatic heterocycles. The number of halogens is 2. The third kappa shape index (κ3) is 4.70. The van der Waals surface area contributed by atoms with Crippen LogP contribution in [0.25, 0.3) is 0 Å². The van der Waals surface area contributed by atoms with Gasteiger partial charge in [0.15, 0.2) is 17.5 Å². The SMILES string of the molecule is CN=C(NCCN1C(=O)C2C3C=CC(C3)C2C1=O)NCC(C)Oc1ccccc1F.I. The van der Waals surface area contributed by atoms with Crippen molar-refractivity contribution in [2.45, 2.75) is 19.4 Å². The predicted molar refractivity (Wildman–Crippen MR) is 126 cm³/mol. The first-order valence-electron chi connectivity index (χ1n) is 10.4. The van der Waals surface area contributed by atoms with Gasteiger partial charge in [0.1, 0.15) is 6.10 Å². The quantitative estimate of drug-likeness (QED) is 0.182. The molecule has 1 saturated heterocycles. The van der Waals surface area contributed by atoms with Crippen LogP contribution in [0.2, 0.25) is 0 Å². The maximum atomic E-state index is 13.7. The van der Waals surface area contributed by atoms with Crippen LogP contribution in [0.15, 0.2) is 41.4 Å². The minimum Gasteiger partial charge on any atom is -0.486 e. The van der Waals surface area contributed by atoms with E-state index >= 15 is 0 Å². The Morgan fingerprint density at radius 2 is 1.84 bits per heavy atom. The van der Waals surface area contributed by atoms with Gasteiger partial charge in [0.25, 0.3) is 0 Å². The molecule has 2 aliphatic carbocycles. The Balaban J connectivity index is 0.00000272. The Morgan fingerprint density at radius 3 is 2.45 bits per heavy atom. The van der Waals surface area contributed by atoms with Gasteiger partial charge < -0.3 is 15.4 Å². The van der Waals surface area contributed by atoms with Gasteiger partial charge in [-0.15, -0.1) is 24.0 Å². The van der Waals surface area contributed by atoms with Crippen molar-refractivity contribution in [2.24, 2.45) is 28.7 Å². The molecule has 3 aliphatic rings. The maximum absolute atomic E-state index is 13.7. The largest absolute Gasteiger partial charge is 0.486 e. The van der Waals surface area contributed by atoms with E-state index in [2.05, 4.69) is 27.8 Å². The summed E-state index contributed by atoms with van der Waals surface area (Å²) in [5, 5.41) is 6.23. The average molecular weight is 542 g/mol. The van der Waals surface area contributed by atoms with E-state index in [-0.39, 0.29) is 71.3 Å². The van der Waals surface area contributed by atoms with Crippen molar-refractivity contribution in [2.75, 3.05) is 26.7 Å². The predicted octanol–water partition coefficient (Wildman–Crippen LogP) is 2.18. The van der Waals surface area contributed by atoms with Crippen LogP contribution in [0.1, 0.15) is 13.3 Å². The van der Waals surface area contributed by atoms with Crippen molar-refractivity contribution < 1.29 is 18.7 Å². The number of para-hydroxylation sites is 1. The number of nitrogens with one attached hydrogen (secondary N) is 2. The number of carbonyl (C=O) groups is 2. The lowest BCUT2D eigenvalue weighted by molar-refractivity contribution is -0.140.